The van der Waals surface area contributed by atoms with Gasteiger partial charge in [0.1, 0.15) is 35.4 Å². The zero-order chi connectivity index (χ0) is 16.8. The lowest BCUT2D eigenvalue weighted by atomic mass is 9.97. The molecule has 1 aromatic carbocycles. The Bertz CT molecular complexity index is 603. The minimum absolute atomic E-state index is 0.581. The fourth-order valence-electron chi connectivity index (χ4n) is 1.14. The quantitative estimate of drug-likeness (QED) is 0.678. The van der Waals surface area contributed by atoms with Gasteiger partial charge < -0.3 is 14.7 Å². The molecule has 7 nitrogen and oxygen atoms in total. The van der Waals surface area contributed by atoms with Gasteiger partial charge >= 0.3 is 0 Å². The summed E-state index contributed by atoms with van der Waals surface area (Å²) in [4.78, 5) is 0. The number of nitriles is 4. The van der Waals surface area contributed by atoms with Gasteiger partial charge in [-0.1, -0.05) is 5.75 Å². The van der Waals surface area contributed by atoms with Gasteiger partial charge in [-0.05, 0) is 0 Å². The third-order valence-electron chi connectivity index (χ3n) is 1.87. The third-order valence-corrected chi connectivity index (χ3v) is 1.87. The highest BCUT2D eigenvalue weighted by atomic mass is 16.3. The highest BCUT2D eigenvalue weighted by Crippen LogP contribution is 2.34. The van der Waals surface area contributed by atoms with E-state index in [1.54, 1.807) is 0 Å². The van der Waals surface area contributed by atoms with Crippen LogP contribution in [0.1, 0.15) is 22.3 Å². The normalized spacial score (nSPS) is 9.14. The fourth-order valence-corrected chi connectivity index (χ4v) is 1.14. The van der Waals surface area contributed by atoms with E-state index in [0.717, 1.165) is 4.48 Å². The van der Waals surface area contributed by atoms with E-state index < -0.39 is 33.8 Å². The molecule has 0 atom stereocenters. The van der Waals surface area contributed by atoms with Gasteiger partial charge in [-0.25, -0.2) is 0 Å². The summed E-state index contributed by atoms with van der Waals surface area (Å²) in [6.45, 7) is 0. The topological polar surface area (TPSA) is 138 Å². The molecular weight excluding hydrogens is 270 g/mol. The first-order valence-corrected chi connectivity index (χ1v) is 5.61. The lowest BCUT2D eigenvalue weighted by Crippen LogP contribution is -2.27. The molecule has 0 saturated carbocycles. The van der Waals surface area contributed by atoms with Crippen LogP contribution in [0.15, 0.2) is 0 Å². The number of benzene rings is 1. The molecule has 1 rings (SSSR count). The number of hydrogen-bond donors (Lipinski definition) is 1. The first-order valence-electron chi connectivity index (χ1n) is 5.61. The van der Waals surface area contributed by atoms with E-state index in [2.05, 4.69) is 28.2 Å². The van der Waals surface area contributed by atoms with Gasteiger partial charge in [-0.2, -0.15) is 21.0 Å². The summed E-state index contributed by atoms with van der Waals surface area (Å²) < 4.78 is 1.00. The largest absolute Gasteiger partial charge is 0.871 e. The molecule has 0 spiro atoms. The number of nitrogens with zero attached hydrogens (tertiary/aromatic N) is 5. The summed E-state index contributed by atoms with van der Waals surface area (Å²) in [6.07, 6.45) is 0. The molecule has 0 radical (unpaired) electrons. The van der Waals surface area contributed by atoms with E-state index in [0.29, 0.717) is 0 Å². The minimum atomic E-state index is -1.02. The molecule has 1 aromatic rings. The predicted molar refractivity (Wildman–Crippen MR) is 70.4 cm³/mol. The van der Waals surface area contributed by atoms with Crippen LogP contribution < -0.4 is 5.11 Å². The fraction of sp³-hybridized carbons (Fsp3) is 0.286. The van der Waals surface area contributed by atoms with E-state index in [4.69, 9.17) is 21.0 Å². The minimum Gasteiger partial charge on any atom is -0.871 e. The summed E-state index contributed by atoms with van der Waals surface area (Å²) in [6, 6.07) is 5.75. The van der Waals surface area contributed by atoms with Gasteiger partial charge in [0, 0.05) is 0 Å². The Morgan fingerprint density at radius 1 is 0.762 bits per heavy atom. The van der Waals surface area contributed by atoms with Crippen molar-refractivity contribution in [2.24, 2.45) is 0 Å². The molecule has 0 heterocycles. The van der Waals surface area contributed by atoms with Crippen molar-refractivity contribution in [1.82, 2.24) is 0 Å². The molecule has 0 unspecified atom stereocenters. The number of phenolic OH excluding ortho intramolecular Hbond substituents is 1. The first-order chi connectivity index (χ1) is 9.62. The molecule has 0 bridgehead atoms. The maximum atomic E-state index is 11.5. The second kappa shape index (κ2) is 6.78. The number of rotatable bonds is 0. The highest BCUT2D eigenvalue weighted by Gasteiger charge is 2.19. The van der Waals surface area contributed by atoms with Gasteiger partial charge in [-0.3, -0.25) is 0 Å². The van der Waals surface area contributed by atoms with E-state index in [9.17, 15) is 10.2 Å². The molecule has 0 aliphatic heterocycles. The van der Waals surface area contributed by atoms with Crippen LogP contribution in [-0.4, -0.2) is 37.8 Å². The van der Waals surface area contributed by atoms with Gasteiger partial charge in [-0.15, -0.1) is 0 Å². The van der Waals surface area contributed by atoms with Crippen LogP contribution >= 0.6 is 0 Å². The summed E-state index contributed by atoms with van der Waals surface area (Å²) >= 11 is 0. The van der Waals surface area contributed by atoms with Crippen molar-refractivity contribution < 1.29 is 14.7 Å². The molecule has 0 aliphatic carbocycles. The molecule has 0 amide bonds. The van der Waals surface area contributed by atoms with Crippen molar-refractivity contribution >= 4 is 0 Å². The van der Waals surface area contributed by atoms with Crippen molar-refractivity contribution in [3.8, 4) is 35.8 Å². The maximum Gasteiger partial charge on any atom is 0.153 e. The van der Waals surface area contributed by atoms with Crippen molar-refractivity contribution in [3.63, 3.8) is 0 Å². The maximum absolute atomic E-state index is 11.5. The molecular formula is C14H13N5O2. The zero-order valence-electron chi connectivity index (χ0n) is 12.1. The molecule has 1 N–H and O–H groups in total. The Labute approximate surface area is 122 Å². The van der Waals surface area contributed by atoms with Crippen LogP contribution in [0.2, 0.25) is 0 Å². The standard InChI is InChI=1S/C10H2N4O2.C4H12N/c11-1-5-6(2-12)10(16)8(4-14)7(3-13)9(5)15;1-5(2,3)4/h15-16H;1-4H3/q;+1/p-1. The van der Waals surface area contributed by atoms with Gasteiger partial charge in [0.05, 0.1) is 39.3 Å². The van der Waals surface area contributed by atoms with Crippen LogP contribution in [0.25, 0.3) is 0 Å². The van der Waals surface area contributed by atoms with E-state index in [-0.39, 0.29) is 0 Å². The number of aromatic hydroxyl groups is 1. The lowest BCUT2D eigenvalue weighted by Gasteiger charge is -2.14. The Balaban J connectivity index is 0.000000690. The number of hydrogen-bond acceptors (Lipinski definition) is 6. The summed E-state index contributed by atoms with van der Waals surface area (Å²) in [5.41, 5.74) is -2.42. The van der Waals surface area contributed by atoms with Crippen molar-refractivity contribution in [2.75, 3.05) is 28.2 Å². The monoisotopic (exact) mass is 283 g/mol. The van der Waals surface area contributed by atoms with Crippen molar-refractivity contribution in [3.05, 3.63) is 22.3 Å². The molecule has 21 heavy (non-hydrogen) atoms. The van der Waals surface area contributed by atoms with Crippen LogP contribution in [0.5, 0.6) is 11.5 Å². The van der Waals surface area contributed by atoms with Crippen molar-refractivity contribution in [1.29, 1.82) is 21.0 Å². The van der Waals surface area contributed by atoms with E-state index in [1.807, 2.05) is 0 Å². The first kappa shape index (κ1) is 17.7. The zero-order valence-corrected chi connectivity index (χ0v) is 12.1. The average Bonchev–Trinajstić information content (AvgIpc) is 2.37. The Hall–Kier alpha value is -3.26. The SMILES string of the molecule is C[N+](C)(C)C.N#Cc1c([O-])c(C#N)c(C#N)c(O)c1C#N. The average molecular weight is 283 g/mol. The van der Waals surface area contributed by atoms with Gasteiger partial charge in [0.2, 0.25) is 0 Å². The third kappa shape index (κ3) is 4.40. The second-order valence-corrected chi connectivity index (χ2v) is 5.31. The van der Waals surface area contributed by atoms with Crippen molar-refractivity contribution in [2.45, 2.75) is 0 Å². The molecule has 106 valence electrons. The van der Waals surface area contributed by atoms with Crippen LogP contribution in [0.4, 0.5) is 0 Å². The van der Waals surface area contributed by atoms with E-state index in [1.165, 1.54) is 24.3 Å². The molecule has 0 aliphatic rings. The lowest BCUT2D eigenvalue weighted by molar-refractivity contribution is -0.849. The second-order valence-electron chi connectivity index (χ2n) is 5.31. The molecule has 7 heteroatoms. The predicted octanol–water partition coefficient (Wildman–Crippen LogP) is 0.275. The van der Waals surface area contributed by atoms with Gasteiger partial charge in [0.25, 0.3) is 0 Å². The summed E-state index contributed by atoms with van der Waals surface area (Å²) in [5.74, 6) is -1.83. The summed E-state index contributed by atoms with van der Waals surface area (Å²) in [5, 5.41) is 55.5. The summed E-state index contributed by atoms with van der Waals surface area (Å²) in [7, 11) is 8.50. The van der Waals surface area contributed by atoms with Crippen LogP contribution in [0.3, 0.4) is 0 Å². The Morgan fingerprint density at radius 2 is 1.00 bits per heavy atom. The Kier molecular flexibility index (Phi) is 5.72. The van der Waals surface area contributed by atoms with Crippen LogP contribution in [0, 0.1) is 45.3 Å². The van der Waals surface area contributed by atoms with E-state index >= 15 is 0 Å². The Morgan fingerprint density at radius 3 is 1.19 bits per heavy atom. The number of phenols is 1. The highest BCUT2D eigenvalue weighted by molar-refractivity contribution is 5.71. The molecule has 0 aromatic heterocycles. The smallest absolute Gasteiger partial charge is 0.153 e. The molecule has 0 fully saturated rings. The molecule has 0 saturated heterocycles. The van der Waals surface area contributed by atoms with Gasteiger partial charge in [0.15, 0.2) is 5.75 Å². The number of quaternary nitrogens is 1. The van der Waals surface area contributed by atoms with Crippen LogP contribution in [-0.2, 0) is 0 Å².